The van der Waals surface area contributed by atoms with E-state index in [0.29, 0.717) is 11.5 Å². The number of hydrogen-bond donors (Lipinski definition) is 0. The van der Waals surface area contributed by atoms with Crippen LogP contribution < -0.4 is 14.2 Å². The highest BCUT2D eigenvalue weighted by molar-refractivity contribution is 9.10. The van der Waals surface area contributed by atoms with Crippen LogP contribution >= 0.6 is 15.9 Å². The number of methoxy groups -OCH3 is 3. The molecule has 0 bridgehead atoms. The lowest BCUT2D eigenvalue weighted by atomic mass is 9.92. The maximum atomic E-state index is 6.36. The predicted octanol–water partition coefficient (Wildman–Crippen LogP) is 7.48. The number of fused-ring (bicyclic) bond motifs is 4. The van der Waals surface area contributed by atoms with Crippen LogP contribution in [0.3, 0.4) is 0 Å². The van der Waals surface area contributed by atoms with Crippen molar-refractivity contribution in [2.75, 3.05) is 21.3 Å². The van der Waals surface area contributed by atoms with Crippen molar-refractivity contribution in [1.82, 2.24) is 0 Å². The summed E-state index contributed by atoms with van der Waals surface area (Å²) in [5, 5.41) is 4.02. The summed E-state index contributed by atoms with van der Waals surface area (Å²) in [6.45, 7) is 0. The van der Waals surface area contributed by atoms with Crippen LogP contribution in [0, 0.1) is 0 Å². The van der Waals surface area contributed by atoms with Crippen molar-refractivity contribution in [2.45, 2.75) is 0 Å². The lowest BCUT2D eigenvalue weighted by molar-refractivity contribution is 0.397. The third-order valence-electron chi connectivity index (χ3n) is 5.55. The Morgan fingerprint density at radius 2 is 1.29 bits per heavy atom. The van der Waals surface area contributed by atoms with Gasteiger partial charge < -0.3 is 14.2 Å². The van der Waals surface area contributed by atoms with Crippen LogP contribution in [0.5, 0.6) is 17.2 Å². The fraction of sp³-hybridized carbons (Fsp3) is 0.115. The van der Waals surface area contributed by atoms with Gasteiger partial charge in [0.25, 0.3) is 0 Å². The van der Waals surface area contributed by atoms with Crippen molar-refractivity contribution in [3.8, 4) is 28.4 Å². The number of ether oxygens (including phenoxy) is 3. The van der Waals surface area contributed by atoms with Crippen LogP contribution in [0.25, 0.3) is 43.8 Å². The Morgan fingerprint density at radius 1 is 0.645 bits per heavy atom. The molecule has 5 aromatic rings. The highest BCUT2D eigenvalue weighted by Crippen LogP contribution is 2.49. The number of hydrogen-bond acceptors (Lipinski definition) is 3. The van der Waals surface area contributed by atoms with Crippen molar-refractivity contribution in [3.63, 3.8) is 0 Å². The quantitative estimate of drug-likeness (QED) is 0.153. The molecule has 0 unspecified atom stereocenters. The minimum absolute atomic E-state index is 0.716. The molecule has 5 rings (SSSR count). The summed E-state index contributed by atoms with van der Waals surface area (Å²) in [5.74, 6) is 2.15. The second-order valence-electron chi connectivity index (χ2n) is 7.15. The molecular weight excluding hydrogens is 456 g/mol. The van der Waals surface area contributed by atoms with E-state index in [0.717, 1.165) is 54.1 Å². The summed E-state index contributed by atoms with van der Waals surface area (Å²) in [4.78, 5) is 0. The lowest BCUT2D eigenvalue weighted by Crippen LogP contribution is -1.96. The van der Waals surface area contributed by atoms with Crippen LogP contribution in [0.2, 0.25) is 0 Å². The number of halogens is 1. The van der Waals surface area contributed by atoms with Crippen LogP contribution in [0.4, 0.5) is 0 Å². The molecule has 0 fully saturated rings. The van der Waals surface area contributed by atoms with E-state index in [9.17, 15) is 0 Å². The van der Waals surface area contributed by atoms with E-state index < -0.39 is 0 Å². The zero-order valence-corrected chi connectivity index (χ0v) is 18.9. The molecule has 5 heteroatoms. The summed E-state index contributed by atoms with van der Waals surface area (Å²) >= 11 is 3.58. The highest BCUT2D eigenvalue weighted by atomic mass is 79.9. The fourth-order valence-corrected chi connectivity index (χ4v) is 4.61. The molecule has 0 aliphatic heterocycles. The first kappa shape index (κ1) is 19.6. The first-order valence-corrected chi connectivity index (χ1v) is 10.6. The lowest BCUT2D eigenvalue weighted by Gasteiger charge is -2.16. The maximum Gasteiger partial charge on any atom is 0.365 e. The standard InChI is InChI=1S/C26H20BrO4/c1-28-18-6-4-7-19(29-2)24(18)26-23-17-12-11-16(27)14-15(17)10-13-22(23)31-21-9-5-8-20(30-3)25(21)26/h4-14H,1-3H3/q+1. The van der Waals surface area contributed by atoms with Gasteiger partial charge in [0.1, 0.15) is 22.6 Å². The van der Waals surface area contributed by atoms with Gasteiger partial charge in [-0.25, -0.2) is 4.42 Å². The van der Waals surface area contributed by atoms with E-state index in [1.165, 1.54) is 0 Å². The summed E-state index contributed by atoms with van der Waals surface area (Å²) in [6.07, 6.45) is 0. The summed E-state index contributed by atoms with van der Waals surface area (Å²) < 4.78 is 24.7. The van der Waals surface area contributed by atoms with Crippen molar-refractivity contribution >= 4 is 48.6 Å². The predicted molar refractivity (Wildman–Crippen MR) is 128 cm³/mol. The van der Waals surface area contributed by atoms with E-state index in [1.807, 2.05) is 48.5 Å². The SMILES string of the molecule is COc1cccc(OC)c1-c1c2c(OC)cccc2[o+]c2ccc3cc(Br)ccc3c12. The minimum atomic E-state index is 0.716. The van der Waals surface area contributed by atoms with Gasteiger partial charge in [-0.3, -0.25) is 0 Å². The molecule has 154 valence electrons. The highest BCUT2D eigenvalue weighted by Gasteiger charge is 2.28. The molecule has 0 aliphatic rings. The fourth-order valence-electron chi connectivity index (χ4n) is 4.23. The van der Waals surface area contributed by atoms with Gasteiger partial charge >= 0.3 is 11.2 Å². The second kappa shape index (κ2) is 7.75. The van der Waals surface area contributed by atoms with Gasteiger partial charge in [0, 0.05) is 22.2 Å². The zero-order chi connectivity index (χ0) is 21.5. The van der Waals surface area contributed by atoms with Crippen molar-refractivity contribution in [3.05, 3.63) is 71.2 Å². The van der Waals surface area contributed by atoms with Crippen molar-refractivity contribution < 1.29 is 18.6 Å². The molecule has 0 atom stereocenters. The van der Waals surface area contributed by atoms with Gasteiger partial charge in [0.2, 0.25) is 0 Å². The molecule has 0 N–H and O–H groups in total. The van der Waals surface area contributed by atoms with Crippen molar-refractivity contribution in [1.29, 1.82) is 0 Å². The molecule has 0 amide bonds. The van der Waals surface area contributed by atoms with Gasteiger partial charge in [-0.1, -0.05) is 28.1 Å². The smallest absolute Gasteiger partial charge is 0.365 e. The molecule has 0 saturated heterocycles. The van der Waals surface area contributed by atoms with Gasteiger partial charge in [-0.05, 0) is 53.2 Å². The minimum Gasteiger partial charge on any atom is -0.496 e. The van der Waals surface area contributed by atoms with E-state index in [1.54, 1.807) is 21.3 Å². The van der Waals surface area contributed by atoms with Crippen LogP contribution in [-0.2, 0) is 0 Å². The zero-order valence-electron chi connectivity index (χ0n) is 17.4. The molecule has 0 spiro atoms. The molecule has 0 radical (unpaired) electrons. The summed E-state index contributed by atoms with van der Waals surface area (Å²) in [7, 11) is 5.01. The normalized spacial score (nSPS) is 11.2. The summed E-state index contributed by atoms with van der Waals surface area (Å²) in [5.41, 5.74) is 3.32. The molecular formula is C26H20BrO4+. The van der Waals surface area contributed by atoms with Gasteiger partial charge in [0.05, 0.1) is 32.3 Å². The average molecular weight is 476 g/mol. The molecule has 31 heavy (non-hydrogen) atoms. The largest absolute Gasteiger partial charge is 0.496 e. The third kappa shape index (κ3) is 3.08. The topological polar surface area (TPSA) is 39.0 Å². The van der Waals surface area contributed by atoms with E-state index >= 15 is 0 Å². The van der Waals surface area contributed by atoms with Crippen LogP contribution in [0.1, 0.15) is 0 Å². The van der Waals surface area contributed by atoms with Gasteiger partial charge in [-0.15, -0.1) is 0 Å². The van der Waals surface area contributed by atoms with E-state index in [-0.39, 0.29) is 0 Å². The third-order valence-corrected chi connectivity index (χ3v) is 6.04. The average Bonchev–Trinajstić information content (AvgIpc) is 2.81. The number of rotatable bonds is 4. The van der Waals surface area contributed by atoms with Crippen LogP contribution in [-0.4, -0.2) is 21.3 Å². The Morgan fingerprint density at radius 3 is 2.00 bits per heavy atom. The van der Waals surface area contributed by atoms with Gasteiger partial charge in [-0.2, -0.15) is 0 Å². The molecule has 4 aromatic carbocycles. The Bertz CT molecular complexity index is 1440. The molecule has 1 heterocycles. The first-order valence-electron chi connectivity index (χ1n) is 9.82. The molecule has 4 nitrogen and oxygen atoms in total. The molecule has 0 saturated carbocycles. The van der Waals surface area contributed by atoms with Crippen molar-refractivity contribution in [2.24, 2.45) is 0 Å². The van der Waals surface area contributed by atoms with E-state index in [4.69, 9.17) is 18.6 Å². The Kier molecular flexibility index (Phi) is 4.91. The number of benzene rings is 4. The Balaban J connectivity index is 2.12. The summed E-state index contributed by atoms with van der Waals surface area (Å²) in [6, 6.07) is 21.9. The monoisotopic (exact) mass is 475 g/mol. The Labute approximate surface area is 188 Å². The molecule has 1 aromatic heterocycles. The second-order valence-corrected chi connectivity index (χ2v) is 8.07. The van der Waals surface area contributed by atoms with E-state index in [2.05, 4.69) is 34.1 Å². The Hall–Kier alpha value is -3.31. The first-order chi connectivity index (χ1) is 15.2. The van der Waals surface area contributed by atoms with Gasteiger partial charge in [0.15, 0.2) is 0 Å². The maximum absolute atomic E-state index is 6.36. The van der Waals surface area contributed by atoms with Crippen LogP contribution in [0.15, 0.2) is 75.6 Å². The molecule has 0 aliphatic carbocycles.